The molecule has 0 unspecified atom stereocenters. The summed E-state index contributed by atoms with van der Waals surface area (Å²) in [5.74, 6) is -1.67. The van der Waals surface area contributed by atoms with Crippen LogP contribution in [0.1, 0.15) is 54.9 Å². The van der Waals surface area contributed by atoms with Crippen molar-refractivity contribution in [2.24, 2.45) is 5.41 Å². The highest BCUT2D eigenvalue weighted by Gasteiger charge is 2.46. The number of methoxy groups -OCH3 is 1. The van der Waals surface area contributed by atoms with Gasteiger partial charge in [0.2, 0.25) is 11.8 Å². The van der Waals surface area contributed by atoms with E-state index in [1.807, 2.05) is 0 Å². The zero-order valence-corrected chi connectivity index (χ0v) is 23.7. The molecule has 0 bridgehead atoms. The van der Waals surface area contributed by atoms with Crippen molar-refractivity contribution in [2.45, 2.75) is 84.7 Å². The third kappa shape index (κ3) is 8.06. The summed E-state index contributed by atoms with van der Waals surface area (Å²) in [4.78, 5) is 54.5. The standard InChI is InChI=1S/C27H40FN3O7/c1-16(30(8)25(35)38-27(5,6)7)22(32)29-21(26(2,3)4)23(33)31-15-19(14-20(31)24(34)36-9)37-18-12-10-17(28)11-13-18/h10-13,16,19-21H,14-15H2,1-9H3,(H,29,32)/t16-,19-,20-,21+/m0/s1. The summed E-state index contributed by atoms with van der Waals surface area (Å²) in [6.07, 6.45) is -1.06. The molecule has 3 amide bonds. The fourth-order valence-electron chi connectivity index (χ4n) is 3.94. The molecule has 2 rings (SSSR count). The molecule has 0 aliphatic carbocycles. The Kier molecular flexibility index (Phi) is 9.74. The summed E-state index contributed by atoms with van der Waals surface area (Å²) in [7, 11) is 2.67. The van der Waals surface area contributed by atoms with E-state index >= 15 is 0 Å². The summed E-state index contributed by atoms with van der Waals surface area (Å²) in [6, 6.07) is 2.55. The zero-order valence-electron chi connectivity index (χ0n) is 23.7. The maximum atomic E-state index is 13.8. The summed E-state index contributed by atoms with van der Waals surface area (Å²) >= 11 is 0. The van der Waals surface area contributed by atoms with Crippen LogP contribution in [-0.4, -0.2) is 84.2 Å². The second-order valence-electron chi connectivity index (χ2n) is 11.5. The molecule has 0 spiro atoms. The van der Waals surface area contributed by atoms with E-state index in [1.54, 1.807) is 41.5 Å². The Balaban J connectivity index is 2.23. The number of halogens is 1. The molecule has 1 aliphatic rings. The maximum Gasteiger partial charge on any atom is 0.410 e. The van der Waals surface area contributed by atoms with Crippen LogP contribution in [0.3, 0.4) is 0 Å². The van der Waals surface area contributed by atoms with Crippen LogP contribution in [0.25, 0.3) is 0 Å². The summed E-state index contributed by atoms with van der Waals surface area (Å²) in [5, 5.41) is 2.77. The Morgan fingerprint density at radius 1 is 1.08 bits per heavy atom. The Labute approximate surface area is 223 Å². The van der Waals surface area contributed by atoms with E-state index in [1.165, 1.54) is 50.2 Å². The second kappa shape index (κ2) is 12.0. The van der Waals surface area contributed by atoms with Gasteiger partial charge in [0, 0.05) is 13.5 Å². The van der Waals surface area contributed by atoms with Gasteiger partial charge in [-0.3, -0.25) is 14.5 Å². The van der Waals surface area contributed by atoms with Gasteiger partial charge in [0.25, 0.3) is 0 Å². The number of amides is 3. The van der Waals surface area contributed by atoms with Crippen molar-refractivity contribution in [3.05, 3.63) is 30.1 Å². The number of carbonyl (C=O) groups is 4. The van der Waals surface area contributed by atoms with E-state index in [2.05, 4.69) is 5.32 Å². The van der Waals surface area contributed by atoms with Crippen molar-refractivity contribution < 1.29 is 37.8 Å². The Morgan fingerprint density at radius 3 is 2.16 bits per heavy atom. The predicted molar refractivity (Wildman–Crippen MR) is 138 cm³/mol. The van der Waals surface area contributed by atoms with Crippen LogP contribution >= 0.6 is 0 Å². The minimum absolute atomic E-state index is 0.0613. The average molecular weight is 538 g/mol. The number of esters is 1. The number of likely N-dealkylation sites (tertiary alicyclic amines) is 1. The molecule has 1 aliphatic heterocycles. The van der Waals surface area contributed by atoms with Crippen molar-refractivity contribution in [1.82, 2.24) is 15.1 Å². The maximum absolute atomic E-state index is 13.8. The van der Waals surface area contributed by atoms with Gasteiger partial charge < -0.3 is 24.4 Å². The van der Waals surface area contributed by atoms with Crippen molar-refractivity contribution in [2.75, 3.05) is 20.7 Å². The highest BCUT2D eigenvalue weighted by molar-refractivity contribution is 5.93. The first-order valence-corrected chi connectivity index (χ1v) is 12.5. The third-order valence-corrected chi connectivity index (χ3v) is 6.18. The van der Waals surface area contributed by atoms with Crippen molar-refractivity contribution in [3.8, 4) is 5.75 Å². The van der Waals surface area contributed by atoms with E-state index in [0.29, 0.717) is 5.75 Å². The number of ether oxygens (including phenoxy) is 3. The van der Waals surface area contributed by atoms with Gasteiger partial charge in [-0.05, 0) is 57.4 Å². The first-order chi connectivity index (χ1) is 17.4. The Morgan fingerprint density at radius 2 is 1.66 bits per heavy atom. The summed E-state index contributed by atoms with van der Waals surface area (Å²) in [5.41, 5.74) is -1.48. The number of benzene rings is 1. The molecule has 0 aromatic heterocycles. The highest BCUT2D eigenvalue weighted by atomic mass is 19.1. The van der Waals surface area contributed by atoms with E-state index in [9.17, 15) is 23.6 Å². The molecule has 212 valence electrons. The minimum Gasteiger partial charge on any atom is -0.488 e. The van der Waals surface area contributed by atoms with Gasteiger partial charge >= 0.3 is 12.1 Å². The number of rotatable bonds is 7. The molecule has 0 saturated carbocycles. The number of nitrogens with one attached hydrogen (secondary N) is 1. The molecular formula is C27H40FN3O7. The lowest BCUT2D eigenvalue weighted by molar-refractivity contribution is -0.153. The van der Waals surface area contributed by atoms with Crippen molar-refractivity contribution >= 4 is 23.9 Å². The largest absolute Gasteiger partial charge is 0.488 e. The molecule has 1 saturated heterocycles. The molecule has 1 N–H and O–H groups in total. The lowest BCUT2D eigenvalue weighted by Gasteiger charge is -2.36. The van der Waals surface area contributed by atoms with Gasteiger partial charge in [-0.1, -0.05) is 20.8 Å². The van der Waals surface area contributed by atoms with Crippen LogP contribution in [0.4, 0.5) is 9.18 Å². The van der Waals surface area contributed by atoms with Gasteiger partial charge in [0.1, 0.15) is 41.4 Å². The van der Waals surface area contributed by atoms with Gasteiger partial charge in [-0.25, -0.2) is 14.0 Å². The molecule has 11 heteroatoms. The number of likely N-dealkylation sites (N-methyl/N-ethyl adjacent to an activating group) is 1. The average Bonchev–Trinajstić information content (AvgIpc) is 3.23. The molecule has 0 radical (unpaired) electrons. The number of carbonyl (C=O) groups excluding carboxylic acids is 4. The van der Waals surface area contributed by atoms with Gasteiger partial charge in [-0.2, -0.15) is 0 Å². The van der Waals surface area contributed by atoms with Crippen LogP contribution in [0, 0.1) is 11.2 Å². The first-order valence-electron chi connectivity index (χ1n) is 12.5. The highest BCUT2D eigenvalue weighted by Crippen LogP contribution is 2.29. The molecule has 10 nitrogen and oxygen atoms in total. The third-order valence-electron chi connectivity index (χ3n) is 6.18. The molecule has 1 aromatic carbocycles. The van der Waals surface area contributed by atoms with Crippen LogP contribution in [0.2, 0.25) is 0 Å². The van der Waals surface area contributed by atoms with Crippen molar-refractivity contribution in [1.29, 1.82) is 0 Å². The number of nitrogens with zero attached hydrogens (tertiary/aromatic N) is 2. The SMILES string of the molecule is COC(=O)[C@@H]1C[C@H](Oc2ccc(F)cc2)CN1C(=O)[C@@H](NC(=O)[C@H](C)N(C)C(=O)OC(C)(C)C)C(C)(C)C. The second-order valence-corrected chi connectivity index (χ2v) is 11.5. The number of hydrogen-bond donors (Lipinski definition) is 1. The van der Waals surface area contributed by atoms with Crippen LogP contribution in [0.5, 0.6) is 5.75 Å². The van der Waals surface area contributed by atoms with Gasteiger partial charge in [-0.15, -0.1) is 0 Å². The predicted octanol–water partition coefficient (Wildman–Crippen LogP) is 3.13. The molecular weight excluding hydrogens is 497 g/mol. The molecule has 1 fully saturated rings. The number of hydrogen-bond acceptors (Lipinski definition) is 7. The smallest absolute Gasteiger partial charge is 0.410 e. The Bertz CT molecular complexity index is 1020. The minimum atomic E-state index is -1.03. The molecule has 4 atom stereocenters. The molecule has 1 heterocycles. The van der Waals surface area contributed by atoms with E-state index in [-0.39, 0.29) is 13.0 Å². The molecule has 38 heavy (non-hydrogen) atoms. The van der Waals surface area contributed by atoms with E-state index in [4.69, 9.17) is 14.2 Å². The van der Waals surface area contributed by atoms with Gasteiger partial charge in [0.15, 0.2) is 0 Å². The van der Waals surface area contributed by atoms with Crippen LogP contribution in [0.15, 0.2) is 24.3 Å². The summed E-state index contributed by atoms with van der Waals surface area (Å²) < 4.78 is 29.4. The Hall–Kier alpha value is -3.37. The molecule has 1 aromatic rings. The quantitative estimate of drug-likeness (QED) is 0.532. The first kappa shape index (κ1) is 30.9. The zero-order chi connectivity index (χ0) is 29.0. The fourth-order valence-corrected chi connectivity index (χ4v) is 3.94. The van der Waals surface area contributed by atoms with Crippen LogP contribution in [-0.2, 0) is 23.9 Å². The fraction of sp³-hybridized carbons (Fsp3) is 0.630. The summed E-state index contributed by atoms with van der Waals surface area (Å²) in [6.45, 7) is 12.1. The van der Waals surface area contributed by atoms with Gasteiger partial charge in [0.05, 0.1) is 13.7 Å². The van der Waals surface area contributed by atoms with Crippen LogP contribution < -0.4 is 10.1 Å². The normalized spacial score (nSPS) is 19.3. The lowest BCUT2D eigenvalue weighted by atomic mass is 9.85. The topological polar surface area (TPSA) is 114 Å². The van der Waals surface area contributed by atoms with Crippen molar-refractivity contribution in [3.63, 3.8) is 0 Å². The van der Waals surface area contributed by atoms with E-state index < -0.39 is 64.9 Å². The lowest BCUT2D eigenvalue weighted by Crippen LogP contribution is -2.59. The monoisotopic (exact) mass is 537 g/mol. The van der Waals surface area contributed by atoms with E-state index in [0.717, 1.165) is 4.90 Å².